The van der Waals surface area contributed by atoms with Gasteiger partial charge < -0.3 is 0 Å². The number of H-pyrrole nitrogens is 1. The number of hydrogen-bond donors (Lipinski definition) is 1. The van der Waals surface area contributed by atoms with Gasteiger partial charge in [-0.3, -0.25) is 14.9 Å². The van der Waals surface area contributed by atoms with Gasteiger partial charge in [-0.05, 0) is 48.6 Å². The van der Waals surface area contributed by atoms with E-state index in [1.54, 1.807) is 23.0 Å². The Hall–Kier alpha value is -2.07. The Morgan fingerprint density at radius 1 is 1.29 bits per heavy atom. The molecule has 1 aliphatic carbocycles. The Balaban J connectivity index is 1.97. The second kappa shape index (κ2) is 4.46. The molecule has 21 heavy (non-hydrogen) atoms. The number of nitrogens with one attached hydrogen (secondary N) is 1. The van der Waals surface area contributed by atoms with E-state index >= 15 is 0 Å². The summed E-state index contributed by atoms with van der Waals surface area (Å²) in [6, 6.07) is 7.21. The Morgan fingerprint density at radius 2 is 2.05 bits per heavy atom. The zero-order valence-corrected chi connectivity index (χ0v) is 12.3. The van der Waals surface area contributed by atoms with Crippen LogP contribution in [0.3, 0.4) is 0 Å². The first kappa shape index (κ1) is 12.7. The second-order valence-electron chi connectivity index (χ2n) is 5.71. The standard InChI is InChI=1S/C16H14ClN3O/c1-9-6-12-14(7-9)18-8-13-15(12)19-20(16(13)21)11-4-2-10(17)3-5-11/h2-5,8-9,19H,6-7H2,1H3. The zero-order chi connectivity index (χ0) is 14.6. The molecular formula is C16H14ClN3O. The molecule has 1 unspecified atom stereocenters. The third kappa shape index (κ3) is 1.90. The Labute approximate surface area is 126 Å². The number of halogens is 1. The Morgan fingerprint density at radius 3 is 2.81 bits per heavy atom. The highest BCUT2D eigenvalue weighted by Gasteiger charge is 2.23. The summed E-state index contributed by atoms with van der Waals surface area (Å²) in [5.74, 6) is 0.584. The summed E-state index contributed by atoms with van der Waals surface area (Å²) in [5, 5.41) is 4.54. The average Bonchev–Trinajstić information content (AvgIpc) is 3.00. The lowest BCUT2D eigenvalue weighted by Crippen LogP contribution is -2.14. The van der Waals surface area contributed by atoms with Gasteiger partial charge in [0.15, 0.2) is 0 Å². The molecule has 0 fully saturated rings. The second-order valence-corrected chi connectivity index (χ2v) is 6.15. The molecule has 1 atom stereocenters. The van der Waals surface area contributed by atoms with Gasteiger partial charge in [0.1, 0.15) is 0 Å². The molecule has 4 rings (SSSR count). The van der Waals surface area contributed by atoms with Gasteiger partial charge in [-0.15, -0.1) is 0 Å². The number of aromatic nitrogens is 3. The summed E-state index contributed by atoms with van der Waals surface area (Å²) < 4.78 is 1.56. The fourth-order valence-electron chi connectivity index (χ4n) is 3.08. The third-order valence-electron chi connectivity index (χ3n) is 4.11. The highest BCUT2D eigenvalue weighted by Crippen LogP contribution is 2.29. The molecule has 1 aromatic carbocycles. The largest absolute Gasteiger partial charge is 0.290 e. The number of benzene rings is 1. The van der Waals surface area contributed by atoms with Gasteiger partial charge >= 0.3 is 0 Å². The minimum Gasteiger partial charge on any atom is -0.290 e. The highest BCUT2D eigenvalue weighted by atomic mass is 35.5. The van der Waals surface area contributed by atoms with Crippen LogP contribution in [0.2, 0.25) is 5.02 Å². The van der Waals surface area contributed by atoms with Crippen molar-refractivity contribution in [1.29, 1.82) is 0 Å². The summed E-state index contributed by atoms with van der Waals surface area (Å²) in [7, 11) is 0. The number of hydrogen-bond acceptors (Lipinski definition) is 2. The van der Waals surface area contributed by atoms with Crippen molar-refractivity contribution in [2.45, 2.75) is 19.8 Å². The van der Waals surface area contributed by atoms with Crippen molar-refractivity contribution >= 4 is 22.5 Å². The molecule has 0 saturated carbocycles. The lowest BCUT2D eigenvalue weighted by molar-refractivity contribution is 0.624. The molecule has 0 saturated heterocycles. The number of rotatable bonds is 1. The van der Waals surface area contributed by atoms with E-state index in [1.807, 2.05) is 12.1 Å². The van der Waals surface area contributed by atoms with Crippen molar-refractivity contribution in [2.24, 2.45) is 5.92 Å². The van der Waals surface area contributed by atoms with Gasteiger partial charge in [0.25, 0.3) is 5.56 Å². The highest BCUT2D eigenvalue weighted by molar-refractivity contribution is 6.30. The topological polar surface area (TPSA) is 50.7 Å². The molecule has 2 heterocycles. The summed E-state index contributed by atoms with van der Waals surface area (Å²) in [5.41, 5.74) is 3.93. The Bertz CT molecular complexity index is 892. The molecular weight excluding hydrogens is 286 g/mol. The van der Waals surface area contributed by atoms with Crippen LogP contribution < -0.4 is 5.56 Å². The minimum atomic E-state index is -0.0674. The molecule has 106 valence electrons. The molecule has 4 nitrogen and oxygen atoms in total. The first-order chi connectivity index (χ1) is 10.1. The maximum absolute atomic E-state index is 12.6. The van der Waals surface area contributed by atoms with Crippen molar-refractivity contribution in [3.05, 3.63) is 57.1 Å². The fourth-order valence-corrected chi connectivity index (χ4v) is 3.21. The summed E-state index contributed by atoms with van der Waals surface area (Å²) in [4.78, 5) is 17.0. The van der Waals surface area contributed by atoms with Gasteiger partial charge in [0.05, 0.1) is 16.6 Å². The van der Waals surface area contributed by atoms with Gasteiger partial charge in [0, 0.05) is 16.9 Å². The van der Waals surface area contributed by atoms with Gasteiger partial charge in [-0.2, -0.15) is 0 Å². The molecule has 0 spiro atoms. The average molecular weight is 300 g/mol. The van der Waals surface area contributed by atoms with E-state index in [-0.39, 0.29) is 5.56 Å². The predicted octanol–water partition coefficient (Wildman–Crippen LogP) is 3.10. The molecule has 5 heteroatoms. The summed E-state index contributed by atoms with van der Waals surface area (Å²) >= 11 is 5.90. The number of pyridine rings is 1. The van der Waals surface area contributed by atoms with Crippen LogP contribution >= 0.6 is 11.6 Å². The molecule has 2 aromatic heterocycles. The van der Waals surface area contributed by atoms with Crippen LogP contribution in [0.4, 0.5) is 0 Å². The maximum Gasteiger partial charge on any atom is 0.280 e. The monoisotopic (exact) mass is 299 g/mol. The lowest BCUT2D eigenvalue weighted by Gasteiger charge is -2.01. The molecule has 0 aliphatic heterocycles. The van der Waals surface area contributed by atoms with Crippen LogP contribution in [-0.2, 0) is 12.8 Å². The van der Waals surface area contributed by atoms with E-state index in [1.165, 1.54) is 5.56 Å². The van der Waals surface area contributed by atoms with Crippen molar-refractivity contribution in [2.75, 3.05) is 0 Å². The van der Waals surface area contributed by atoms with Crippen molar-refractivity contribution < 1.29 is 0 Å². The van der Waals surface area contributed by atoms with Crippen LogP contribution in [0, 0.1) is 5.92 Å². The SMILES string of the molecule is CC1Cc2ncc3c(=O)n(-c4ccc(Cl)cc4)[nH]c3c2C1. The zero-order valence-electron chi connectivity index (χ0n) is 11.6. The smallest absolute Gasteiger partial charge is 0.280 e. The molecule has 3 aromatic rings. The van der Waals surface area contributed by atoms with E-state index < -0.39 is 0 Å². The maximum atomic E-state index is 12.6. The van der Waals surface area contributed by atoms with Gasteiger partial charge in [-0.1, -0.05) is 18.5 Å². The third-order valence-corrected chi connectivity index (χ3v) is 4.36. The normalized spacial score (nSPS) is 17.3. The molecule has 1 N–H and O–H groups in total. The summed E-state index contributed by atoms with van der Waals surface area (Å²) in [6.45, 7) is 2.21. The van der Waals surface area contributed by atoms with Crippen molar-refractivity contribution in [1.82, 2.24) is 14.8 Å². The van der Waals surface area contributed by atoms with Crippen LogP contribution in [-0.4, -0.2) is 14.8 Å². The van der Waals surface area contributed by atoms with Crippen LogP contribution in [0.1, 0.15) is 18.2 Å². The molecule has 1 aliphatic rings. The van der Waals surface area contributed by atoms with E-state index in [9.17, 15) is 4.79 Å². The first-order valence-corrected chi connectivity index (χ1v) is 7.38. The first-order valence-electron chi connectivity index (χ1n) is 7.01. The fraction of sp³-hybridized carbons (Fsp3) is 0.250. The quantitative estimate of drug-likeness (QED) is 0.750. The van der Waals surface area contributed by atoms with Crippen LogP contribution in [0.5, 0.6) is 0 Å². The van der Waals surface area contributed by atoms with Crippen molar-refractivity contribution in [3.63, 3.8) is 0 Å². The molecule has 0 radical (unpaired) electrons. The van der Waals surface area contributed by atoms with E-state index in [4.69, 9.17) is 11.6 Å². The predicted molar refractivity (Wildman–Crippen MR) is 83.3 cm³/mol. The minimum absolute atomic E-state index is 0.0674. The summed E-state index contributed by atoms with van der Waals surface area (Å²) in [6.07, 6.45) is 3.65. The molecule has 0 amide bonds. The number of aromatic amines is 1. The number of fused-ring (bicyclic) bond motifs is 3. The van der Waals surface area contributed by atoms with Crippen LogP contribution in [0.25, 0.3) is 16.6 Å². The van der Waals surface area contributed by atoms with Crippen molar-refractivity contribution in [3.8, 4) is 5.69 Å². The van der Waals surface area contributed by atoms with Gasteiger partial charge in [-0.25, -0.2) is 4.68 Å². The Kier molecular flexibility index (Phi) is 2.69. The van der Waals surface area contributed by atoms with Crippen LogP contribution in [0.15, 0.2) is 35.3 Å². The van der Waals surface area contributed by atoms with Gasteiger partial charge in [0.2, 0.25) is 0 Å². The van der Waals surface area contributed by atoms with E-state index in [2.05, 4.69) is 17.0 Å². The lowest BCUT2D eigenvalue weighted by atomic mass is 10.1. The van der Waals surface area contributed by atoms with E-state index in [0.29, 0.717) is 16.3 Å². The molecule has 0 bridgehead atoms. The van der Waals surface area contributed by atoms with E-state index in [0.717, 1.165) is 29.7 Å². The number of nitrogens with zero attached hydrogens (tertiary/aromatic N) is 2.